The first-order valence-electron chi connectivity index (χ1n) is 10.8. The van der Waals surface area contributed by atoms with Crippen LogP contribution in [-0.2, 0) is 4.79 Å². The van der Waals surface area contributed by atoms with Crippen molar-refractivity contribution in [1.29, 1.82) is 5.41 Å². The summed E-state index contributed by atoms with van der Waals surface area (Å²) in [6, 6.07) is 10.5. The molecule has 0 aliphatic carbocycles. The SMILES string of the molecule is CCCC1=NN2C(=N)/C(=C/c3cc(Cl)c(OCCOc4ccccc4OC)c(Cl)c3)C(=O)N=C2S1. The predicted molar refractivity (Wildman–Crippen MR) is 140 cm³/mol. The van der Waals surface area contributed by atoms with Crippen molar-refractivity contribution in [1.82, 2.24) is 5.01 Å². The van der Waals surface area contributed by atoms with Crippen LogP contribution >= 0.6 is 35.0 Å². The maximum Gasteiger partial charge on any atom is 0.283 e. The minimum atomic E-state index is -0.511. The van der Waals surface area contributed by atoms with Crippen LogP contribution < -0.4 is 14.2 Å². The number of hydrogen-bond donors (Lipinski definition) is 1. The number of benzene rings is 2. The summed E-state index contributed by atoms with van der Waals surface area (Å²) < 4.78 is 16.7. The van der Waals surface area contributed by atoms with E-state index >= 15 is 0 Å². The van der Waals surface area contributed by atoms with Crippen molar-refractivity contribution in [3.05, 3.63) is 57.6 Å². The zero-order valence-electron chi connectivity index (χ0n) is 19.0. The number of carbonyl (C=O) groups excluding carboxylic acids is 1. The van der Waals surface area contributed by atoms with Gasteiger partial charge in [0.05, 0.1) is 22.7 Å². The highest BCUT2D eigenvalue weighted by atomic mass is 35.5. The fraction of sp³-hybridized carbons (Fsp3) is 0.250. The van der Waals surface area contributed by atoms with Crippen LogP contribution in [0.4, 0.5) is 0 Å². The molecule has 2 aliphatic rings. The monoisotopic (exact) mass is 532 g/mol. The van der Waals surface area contributed by atoms with Gasteiger partial charge in [0.2, 0.25) is 5.17 Å². The number of nitrogens with one attached hydrogen (secondary N) is 1. The largest absolute Gasteiger partial charge is 0.493 e. The number of fused-ring (bicyclic) bond motifs is 1. The van der Waals surface area contributed by atoms with Crippen LogP contribution in [0.5, 0.6) is 17.2 Å². The lowest BCUT2D eigenvalue weighted by Crippen LogP contribution is -2.35. The van der Waals surface area contributed by atoms with E-state index in [9.17, 15) is 4.79 Å². The number of halogens is 2. The second-order valence-corrected chi connectivity index (χ2v) is 9.28. The summed E-state index contributed by atoms with van der Waals surface area (Å²) in [5.74, 6) is 0.974. The summed E-state index contributed by atoms with van der Waals surface area (Å²) in [6.45, 7) is 2.49. The minimum absolute atomic E-state index is 0.0420. The highest BCUT2D eigenvalue weighted by molar-refractivity contribution is 8.26. The van der Waals surface area contributed by atoms with Crippen molar-refractivity contribution in [2.45, 2.75) is 19.8 Å². The Hall–Kier alpha value is -3.01. The number of amides is 1. The van der Waals surface area contributed by atoms with Gasteiger partial charge in [0.25, 0.3) is 5.91 Å². The molecule has 0 aromatic heterocycles. The van der Waals surface area contributed by atoms with Gasteiger partial charge in [0.1, 0.15) is 18.3 Å². The average molecular weight is 533 g/mol. The standard InChI is InChI=1S/C24H22Cl2N4O4S/c1-3-6-20-29-30-22(27)15(23(31)28-24(30)35-20)11-14-12-16(25)21(17(26)13-14)34-10-9-33-19-8-5-4-7-18(19)32-2/h4-5,7-8,11-13,27H,3,6,9-10H2,1-2H3/b15-11-,27-22?. The highest BCUT2D eigenvalue weighted by Gasteiger charge is 2.35. The third-order valence-corrected chi connectivity index (χ3v) is 6.48. The lowest BCUT2D eigenvalue weighted by molar-refractivity contribution is -0.114. The van der Waals surface area contributed by atoms with Gasteiger partial charge in [-0.1, -0.05) is 42.3 Å². The van der Waals surface area contributed by atoms with E-state index in [-0.39, 0.29) is 34.7 Å². The molecule has 4 rings (SSSR count). The van der Waals surface area contributed by atoms with Crippen LogP contribution in [0.1, 0.15) is 25.3 Å². The van der Waals surface area contributed by atoms with Crippen molar-refractivity contribution in [3.63, 3.8) is 0 Å². The summed E-state index contributed by atoms with van der Waals surface area (Å²) in [5.41, 5.74) is 0.635. The number of amidine groups is 2. The molecule has 1 amide bonds. The summed E-state index contributed by atoms with van der Waals surface area (Å²) >= 11 is 14.1. The molecule has 0 saturated carbocycles. The Kier molecular flexibility index (Phi) is 8.00. The van der Waals surface area contributed by atoms with Gasteiger partial charge in [-0.05, 0) is 60.5 Å². The van der Waals surface area contributed by atoms with Crippen molar-refractivity contribution in [2.24, 2.45) is 10.1 Å². The lowest BCUT2D eigenvalue weighted by atomic mass is 10.1. The minimum Gasteiger partial charge on any atom is -0.493 e. The molecule has 2 aromatic carbocycles. The Morgan fingerprint density at radius 1 is 1.11 bits per heavy atom. The number of methoxy groups -OCH3 is 1. The molecule has 35 heavy (non-hydrogen) atoms. The number of hydrogen-bond acceptors (Lipinski definition) is 7. The van der Waals surface area contributed by atoms with E-state index in [0.717, 1.165) is 17.9 Å². The smallest absolute Gasteiger partial charge is 0.283 e. The van der Waals surface area contributed by atoms with Crippen LogP contribution in [0.25, 0.3) is 6.08 Å². The van der Waals surface area contributed by atoms with Crippen LogP contribution in [0.15, 0.2) is 52.1 Å². The Balaban J connectivity index is 1.45. The Bertz CT molecular complexity index is 1240. The van der Waals surface area contributed by atoms with E-state index in [4.69, 9.17) is 42.8 Å². The molecule has 0 radical (unpaired) electrons. The molecular weight excluding hydrogens is 511 g/mol. The number of rotatable bonds is 9. The van der Waals surface area contributed by atoms with Crippen LogP contribution in [0.3, 0.4) is 0 Å². The maximum absolute atomic E-state index is 12.6. The number of para-hydroxylation sites is 2. The van der Waals surface area contributed by atoms with Gasteiger partial charge in [-0.2, -0.15) is 15.1 Å². The third-order valence-electron chi connectivity index (χ3n) is 4.95. The number of ether oxygens (including phenoxy) is 3. The van der Waals surface area contributed by atoms with Crippen LogP contribution in [0.2, 0.25) is 10.0 Å². The first-order valence-corrected chi connectivity index (χ1v) is 12.3. The normalized spacial score (nSPS) is 16.2. The van der Waals surface area contributed by atoms with Crippen LogP contribution in [-0.4, -0.2) is 47.3 Å². The molecule has 1 N–H and O–H groups in total. The lowest BCUT2D eigenvalue weighted by Gasteiger charge is -2.20. The van der Waals surface area contributed by atoms with Crippen LogP contribution in [0, 0.1) is 5.41 Å². The third kappa shape index (κ3) is 5.63. The number of nitrogens with zero attached hydrogens (tertiary/aromatic N) is 3. The van der Waals surface area contributed by atoms with Gasteiger partial charge in [-0.15, -0.1) is 0 Å². The van der Waals surface area contributed by atoms with E-state index in [1.54, 1.807) is 31.4 Å². The Morgan fingerprint density at radius 2 is 1.80 bits per heavy atom. The molecule has 8 nitrogen and oxygen atoms in total. The van der Waals surface area contributed by atoms with Gasteiger partial charge in [-0.3, -0.25) is 10.2 Å². The second kappa shape index (κ2) is 11.2. The number of aliphatic imine (C=N–C) groups is 1. The molecule has 2 heterocycles. The topological polar surface area (TPSA) is 96.6 Å². The Morgan fingerprint density at radius 3 is 2.49 bits per heavy atom. The van der Waals surface area contributed by atoms with Gasteiger partial charge >= 0.3 is 0 Å². The molecule has 2 aliphatic heterocycles. The van der Waals surface area contributed by atoms with Crippen molar-refractivity contribution in [2.75, 3.05) is 20.3 Å². The van der Waals surface area contributed by atoms with Gasteiger partial charge in [-0.25, -0.2) is 0 Å². The molecule has 2 aromatic rings. The molecule has 0 bridgehead atoms. The molecule has 0 saturated heterocycles. The highest BCUT2D eigenvalue weighted by Crippen LogP contribution is 2.36. The predicted octanol–water partition coefficient (Wildman–Crippen LogP) is 5.88. The van der Waals surface area contributed by atoms with E-state index in [2.05, 4.69) is 10.1 Å². The maximum atomic E-state index is 12.6. The summed E-state index contributed by atoms with van der Waals surface area (Å²) in [6.07, 6.45) is 3.20. The fourth-order valence-electron chi connectivity index (χ4n) is 3.35. The molecule has 11 heteroatoms. The molecule has 0 fully saturated rings. The zero-order valence-corrected chi connectivity index (χ0v) is 21.3. The summed E-state index contributed by atoms with van der Waals surface area (Å²) in [7, 11) is 1.57. The van der Waals surface area contributed by atoms with Crippen molar-refractivity contribution in [3.8, 4) is 17.2 Å². The first kappa shape index (κ1) is 25.1. The molecular formula is C24H22Cl2N4O4S. The first-order chi connectivity index (χ1) is 16.9. The second-order valence-electron chi connectivity index (χ2n) is 7.43. The quantitative estimate of drug-likeness (QED) is 0.320. The van der Waals surface area contributed by atoms with E-state index in [0.29, 0.717) is 28.0 Å². The van der Waals surface area contributed by atoms with Gasteiger partial charge in [0.15, 0.2) is 23.1 Å². The van der Waals surface area contributed by atoms with Crippen molar-refractivity contribution < 1.29 is 19.0 Å². The summed E-state index contributed by atoms with van der Waals surface area (Å²) in [4.78, 5) is 16.7. The zero-order chi connectivity index (χ0) is 24.9. The molecule has 182 valence electrons. The van der Waals surface area contributed by atoms with Crippen molar-refractivity contribution >= 4 is 63.0 Å². The molecule has 0 spiro atoms. The molecule has 0 atom stereocenters. The number of carbonyl (C=O) groups is 1. The molecule has 0 unspecified atom stereocenters. The van der Waals surface area contributed by atoms with E-state index in [1.807, 2.05) is 19.1 Å². The number of thioether (sulfide) groups is 1. The Labute approximate surface area is 217 Å². The number of hydrazone groups is 1. The summed E-state index contributed by atoms with van der Waals surface area (Å²) in [5, 5.41) is 16.0. The average Bonchev–Trinajstić information content (AvgIpc) is 3.23. The fourth-order valence-corrected chi connectivity index (χ4v) is 4.95. The van der Waals surface area contributed by atoms with E-state index in [1.165, 1.54) is 22.8 Å². The van der Waals surface area contributed by atoms with Gasteiger partial charge < -0.3 is 14.2 Å². The van der Waals surface area contributed by atoms with E-state index < -0.39 is 5.91 Å². The van der Waals surface area contributed by atoms with Gasteiger partial charge in [0, 0.05) is 0 Å².